The summed E-state index contributed by atoms with van der Waals surface area (Å²) in [7, 11) is 0. The maximum absolute atomic E-state index is 12.3. The highest BCUT2D eigenvalue weighted by Gasteiger charge is 2.25. The fourth-order valence-electron chi connectivity index (χ4n) is 2.58. The van der Waals surface area contributed by atoms with Crippen LogP contribution in [0.3, 0.4) is 0 Å². The van der Waals surface area contributed by atoms with Crippen molar-refractivity contribution in [3.8, 4) is 6.07 Å². The number of nitrogens with zero attached hydrogens (tertiary/aromatic N) is 2. The van der Waals surface area contributed by atoms with Crippen molar-refractivity contribution in [2.75, 3.05) is 18.4 Å². The van der Waals surface area contributed by atoms with Gasteiger partial charge in [0.1, 0.15) is 0 Å². The van der Waals surface area contributed by atoms with Gasteiger partial charge in [-0.3, -0.25) is 0 Å². The van der Waals surface area contributed by atoms with Crippen molar-refractivity contribution < 1.29 is 4.79 Å². The largest absolute Gasteiger partial charge is 0.330 e. The van der Waals surface area contributed by atoms with E-state index in [2.05, 4.69) is 11.4 Å². The van der Waals surface area contributed by atoms with E-state index >= 15 is 0 Å². The molecule has 2 amide bonds. The summed E-state index contributed by atoms with van der Waals surface area (Å²) < 4.78 is 0. The molecule has 0 aromatic heterocycles. The monoisotopic (exact) mass is 272 g/mol. The van der Waals surface area contributed by atoms with Gasteiger partial charge in [-0.05, 0) is 56.5 Å². The predicted molar refractivity (Wildman–Crippen MR) is 78.2 cm³/mol. The van der Waals surface area contributed by atoms with Crippen molar-refractivity contribution >= 4 is 11.7 Å². The number of nitriles is 1. The Balaban J connectivity index is 2.00. The number of carbonyl (C=O) groups is 1. The fourth-order valence-corrected chi connectivity index (χ4v) is 2.58. The quantitative estimate of drug-likeness (QED) is 0.885. The van der Waals surface area contributed by atoms with E-state index in [1.807, 2.05) is 4.90 Å². The number of hydrogen-bond donors (Lipinski definition) is 2. The Morgan fingerprint density at radius 2 is 2.15 bits per heavy atom. The van der Waals surface area contributed by atoms with Crippen LogP contribution in [-0.2, 0) is 0 Å². The molecule has 1 aromatic carbocycles. The fraction of sp³-hybridized carbons (Fsp3) is 0.467. The highest BCUT2D eigenvalue weighted by Crippen LogP contribution is 2.20. The van der Waals surface area contributed by atoms with Crippen molar-refractivity contribution in [2.45, 2.75) is 31.7 Å². The van der Waals surface area contributed by atoms with Crippen LogP contribution in [0.1, 0.15) is 31.2 Å². The molecule has 3 N–H and O–H groups in total. The standard InChI is InChI=1S/C15H20N4O/c16-9-8-14-3-1-2-10-19(14)15(20)18-13-6-4-12(11-17)5-7-13/h4-7,14H,1-3,8-10,16H2,(H,18,20). The Morgan fingerprint density at radius 3 is 2.80 bits per heavy atom. The lowest BCUT2D eigenvalue weighted by Gasteiger charge is -2.35. The molecule has 0 spiro atoms. The number of nitrogens with two attached hydrogens (primary N) is 1. The van der Waals surface area contributed by atoms with Crippen molar-refractivity contribution in [1.29, 1.82) is 5.26 Å². The maximum Gasteiger partial charge on any atom is 0.322 e. The Bertz CT molecular complexity index is 490. The minimum atomic E-state index is -0.0761. The molecule has 1 aromatic rings. The van der Waals surface area contributed by atoms with Crippen LogP contribution in [-0.4, -0.2) is 30.1 Å². The zero-order valence-corrected chi connectivity index (χ0v) is 11.5. The summed E-state index contributed by atoms with van der Waals surface area (Å²) in [6.07, 6.45) is 4.08. The summed E-state index contributed by atoms with van der Waals surface area (Å²) in [4.78, 5) is 14.2. The maximum atomic E-state index is 12.3. The van der Waals surface area contributed by atoms with Crippen molar-refractivity contribution in [3.63, 3.8) is 0 Å². The molecule has 1 aliphatic rings. The number of nitrogens with one attached hydrogen (secondary N) is 1. The number of carbonyl (C=O) groups excluding carboxylic acids is 1. The van der Waals surface area contributed by atoms with Crippen molar-refractivity contribution in [2.24, 2.45) is 5.73 Å². The lowest BCUT2D eigenvalue weighted by atomic mass is 10.00. The molecule has 0 saturated carbocycles. The number of benzene rings is 1. The van der Waals surface area contributed by atoms with Gasteiger partial charge in [-0.1, -0.05) is 0 Å². The number of urea groups is 1. The number of hydrogen-bond acceptors (Lipinski definition) is 3. The summed E-state index contributed by atoms with van der Waals surface area (Å²) in [6, 6.07) is 9.12. The van der Waals surface area contributed by atoms with Crippen LogP contribution in [0.25, 0.3) is 0 Å². The minimum Gasteiger partial charge on any atom is -0.330 e. The van der Waals surface area contributed by atoms with E-state index in [9.17, 15) is 4.79 Å². The third-order valence-electron chi connectivity index (χ3n) is 3.65. The lowest BCUT2D eigenvalue weighted by molar-refractivity contribution is 0.159. The van der Waals surface area contributed by atoms with Gasteiger partial charge in [0.25, 0.3) is 0 Å². The smallest absolute Gasteiger partial charge is 0.322 e. The van der Waals surface area contributed by atoms with Gasteiger partial charge < -0.3 is 16.0 Å². The topological polar surface area (TPSA) is 82.2 Å². The summed E-state index contributed by atoms with van der Waals surface area (Å²) in [5.74, 6) is 0. The molecule has 5 heteroatoms. The van der Waals surface area contributed by atoms with Gasteiger partial charge in [0.15, 0.2) is 0 Å². The highest BCUT2D eigenvalue weighted by atomic mass is 16.2. The summed E-state index contributed by atoms with van der Waals surface area (Å²) in [5, 5.41) is 11.6. The zero-order chi connectivity index (χ0) is 14.4. The van der Waals surface area contributed by atoms with Crippen LogP contribution in [0, 0.1) is 11.3 Å². The first-order valence-electron chi connectivity index (χ1n) is 7.02. The molecule has 1 aliphatic heterocycles. The van der Waals surface area contributed by atoms with Gasteiger partial charge in [-0.25, -0.2) is 4.79 Å². The second kappa shape index (κ2) is 6.92. The first-order chi connectivity index (χ1) is 9.74. The van der Waals surface area contributed by atoms with Gasteiger partial charge in [-0.15, -0.1) is 0 Å². The Kier molecular flexibility index (Phi) is 4.97. The second-order valence-electron chi connectivity index (χ2n) is 5.04. The first kappa shape index (κ1) is 14.4. The van der Waals surface area contributed by atoms with Crippen LogP contribution < -0.4 is 11.1 Å². The van der Waals surface area contributed by atoms with Crippen LogP contribution in [0.5, 0.6) is 0 Å². The van der Waals surface area contributed by atoms with Gasteiger partial charge in [0, 0.05) is 18.3 Å². The molecule has 1 heterocycles. The minimum absolute atomic E-state index is 0.0761. The third kappa shape index (κ3) is 3.49. The number of rotatable bonds is 3. The Morgan fingerprint density at radius 1 is 1.40 bits per heavy atom. The molecule has 2 rings (SSSR count). The lowest BCUT2D eigenvalue weighted by Crippen LogP contribution is -2.46. The molecule has 0 bridgehead atoms. The molecule has 106 valence electrons. The number of amides is 2. The van der Waals surface area contributed by atoms with Crippen LogP contribution in [0.2, 0.25) is 0 Å². The van der Waals surface area contributed by atoms with E-state index in [0.717, 1.165) is 32.2 Å². The third-order valence-corrected chi connectivity index (χ3v) is 3.65. The summed E-state index contributed by atoms with van der Waals surface area (Å²) in [5.41, 5.74) is 6.92. The first-order valence-corrected chi connectivity index (χ1v) is 7.02. The molecule has 1 atom stereocenters. The molecule has 0 aliphatic carbocycles. The number of likely N-dealkylation sites (tertiary alicyclic amines) is 1. The van der Waals surface area contributed by atoms with Crippen LogP contribution in [0.15, 0.2) is 24.3 Å². The average Bonchev–Trinajstić information content (AvgIpc) is 2.49. The van der Waals surface area contributed by atoms with E-state index < -0.39 is 0 Å². The SMILES string of the molecule is N#Cc1ccc(NC(=O)N2CCCCC2CCN)cc1. The average molecular weight is 272 g/mol. The molecule has 0 radical (unpaired) electrons. The van der Waals surface area contributed by atoms with Crippen LogP contribution in [0.4, 0.5) is 10.5 Å². The van der Waals surface area contributed by atoms with E-state index in [-0.39, 0.29) is 12.1 Å². The summed E-state index contributed by atoms with van der Waals surface area (Å²) >= 11 is 0. The molecule has 1 unspecified atom stereocenters. The zero-order valence-electron chi connectivity index (χ0n) is 11.5. The molecular weight excluding hydrogens is 252 g/mol. The van der Waals surface area contributed by atoms with E-state index in [1.54, 1.807) is 24.3 Å². The molecule has 20 heavy (non-hydrogen) atoms. The van der Waals surface area contributed by atoms with Crippen molar-refractivity contribution in [1.82, 2.24) is 4.90 Å². The Labute approximate surface area is 119 Å². The molecule has 5 nitrogen and oxygen atoms in total. The molecule has 1 fully saturated rings. The predicted octanol–water partition coefficient (Wildman–Crippen LogP) is 2.29. The number of anilines is 1. The second-order valence-corrected chi connectivity index (χ2v) is 5.04. The molecule has 1 saturated heterocycles. The number of piperidine rings is 1. The normalized spacial score (nSPS) is 18.4. The van der Waals surface area contributed by atoms with Crippen molar-refractivity contribution in [3.05, 3.63) is 29.8 Å². The van der Waals surface area contributed by atoms with Gasteiger partial charge in [0.05, 0.1) is 11.6 Å². The van der Waals surface area contributed by atoms with E-state index in [4.69, 9.17) is 11.0 Å². The van der Waals surface area contributed by atoms with Crippen LogP contribution >= 0.6 is 0 Å². The van der Waals surface area contributed by atoms with Gasteiger partial charge in [0.2, 0.25) is 0 Å². The highest BCUT2D eigenvalue weighted by molar-refractivity contribution is 5.89. The van der Waals surface area contributed by atoms with E-state index in [1.165, 1.54) is 0 Å². The summed E-state index contributed by atoms with van der Waals surface area (Å²) in [6.45, 7) is 1.39. The molecular formula is C15H20N4O. The van der Waals surface area contributed by atoms with E-state index in [0.29, 0.717) is 17.8 Å². The van der Waals surface area contributed by atoms with Gasteiger partial charge in [-0.2, -0.15) is 5.26 Å². The Hall–Kier alpha value is -2.06. The van der Waals surface area contributed by atoms with Gasteiger partial charge >= 0.3 is 6.03 Å².